The Morgan fingerprint density at radius 2 is 2.40 bits per heavy atom. The highest BCUT2D eigenvalue weighted by Gasteiger charge is 2.24. The molecule has 1 saturated heterocycles. The fourth-order valence-corrected chi connectivity index (χ4v) is 3.04. The van der Waals surface area contributed by atoms with Crippen molar-refractivity contribution in [2.24, 2.45) is 0 Å². The first-order chi connectivity index (χ1) is 9.58. The number of rotatable bonds is 4. The highest BCUT2D eigenvalue weighted by Crippen LogP contribution is 2.15. The molecule has 0 saturated carbocycles. The van der Waals surface area contributed by atoms with E-state index in [4.69, 9.17) is 0 Å². The number of nitrogens with zero attached hydrogens (tertiary/aromatic N) is 2. The molecule has 1 unspecified atom stereocenters. The molecule has 1 N–H and O–H groups in total. The van der Waals surface area contributed by atoms with Gasteiger partial charge >= 0.3 is 0 Å². The van der Waals surface area contributed by atoms with Gasteiger partial charge in [-0.2, -0.15) is 11.8 Å². The third-order valence-corrected chi connectivity index (χ3v) is 4.20. The summed E-state index contributed by atoms with van der Waals surface area (Å²) in [5.74, 6) is 1.83. The highest BCUT2D eigenvalue weighted by atomic mass is 32.2. The summed E-state index contributed by atoms with van der Waals surface area (Å²) in [5.41, 5.74) is 0.813. The van der Waals surface area contributed by atoms with Crippen LogP contribution in [0.2, 0.25) is 0 Å². The van der Waals surface area contributed by atoms with Crippen molar-refractivity contribution < 1.29 is 9.72 Å². The third kappa shape index (κ3) is 3.71. The van der Waals surface area contributed by atoms with E-state index in [0.717, 1.165) is 23.6 Å². The van der Waals surface area contributed by atoms with Crippen LogP contribution >= 0.6 is 11.8 Å². The molecule has 0 aromatic heterocycles. The summed E-state index contributed by atoms with van der Waals surface area (Å²) in [6.07, 6.45) is 0. The van der Waals surface area contributed by atoms with Gasteiger partial charge in [-0.15, -0.1) is 0 Å². The van der Waals surface area contributed by atoms with E-state index in [9.17, 15) is 14.9 Å². The number of likely N-dealkylation sites (N-methyl/N-ethyl adjacent to an activating group) is 1. The molecule has 0 aliphatic carbocycles. The summed E-state index contributed by atoms with van der Waals surface area (Å²) in [5, 5.41) is 13.9. The number of carbonyl (C=O) groups excluding carboxylic acids is 1. The molecule has 0 spiro atoms. The van der Waals surface area contributed by atoms with Crippen molar-refractivity contribution in [3.63, 3.8) is 0 Å². The number of hydrogen-bond donors (Lipinski definition) is 1. The fraction of sp³-hybridized carbons (Fsp3) is 0.462. The summed E-state index contributed by atoms with van der Waals surface area (Å²) < 4.78 is 0. The van der Waals surface area contributed by atoms with Crippen molar-refractivity contribution in [3.8, 4) is 0 Å². The molecule has 1 fully saturated rings. The Morgan fingerprint density at radius 1 is 1.60 bits per heavy atom. The molecule has 1 aliphatic rings. The maximum absolute atomic E-state index is 12.2. The molecular formula is C13H17N3O3S. The lowest BCUT2D eigenvalue weighted by atomic mass is 10.2. The zero-order valence-corrected chi connectivity index (χ0v) is 12.1. The number of benzene rings is 1. The second-order valence-corrected chi connectivity index (χ2v) is 5.85. The molecule has 1 atom stereocenters. The molecule has 20 heavy (non-hydrogen) atoms. The van der Waals surface area contributed by atoms with Crippen molar-refractivity contribution in [2.45, 2.75) is 12.6 Å². The zero-order chi connectivity index (χ0) is 14.5. The van der Waals surface area contributed by atoms with Crippen LogP contribution in [-0.2, 0) is 11.3 Å². The quantitative estimate of drug-likeness (QED) is 0.668. The number of carbonyl (C=O) groups is 1. The van der Waals surface area contributed by atoms with Gasteiger partial charge in [0, 0.05) is 43.8 Å². The van der Waals surface area contributed by atoms with Crippen molar-refractivity contribution in [3.05, 3.63) is 39.9 Å². The number of non-ortho nitro benzene ring substituents is 1. The van der Waals surface area contributed by atoms with Gasteiger partial charge in [0.05, 0.1) is 11.0 Å². The number of hydrogen-bond acceptors (Lipinski definition) is 5. The van der Waals surface area contributed by atoms with Crippen LogP contribution < -0.4 is 5.32 Å². The molecular weight excluding hydrogens is 278 g/mol. The molecule has 1 aromatic carbocycles. The van der Waals surface area contributed by atoms with Crippen LogP contribution in [0.1, 0.15) is 5.56 Å². The average molecular weight is 295 g/mol. The molecule has 1 aliphatic heterocycles. The molecule has 6 nitrogen and oxygen atoms in total. The number of nitrogens with one attached hydrogen (secondary N) is 1. The molecule has 1 aromatic rings. The van der Waals surface area contributed by atoms with Gasteiger partial charge < -0.3 is 10.2 Å². The van der Waals surface area contributed by atoms with Crippen LogP contribution in [0.4, 0.5) is 5.69 Å². The van der Waals surface area contributed by atoms with Crippen LogP contribution in [0.15, 0.2) is 24.3 Å². The van der Waals surface area contributed by atoms with Gasteiger partial charge in [-0.3, -0.25) is 14.9 Å². The summed E-state index contributed by atoms with van der Waals surface area (Å²) in [4.78, 5) is 24.2. The van der Waals surface area contributed by atoms with Crippen LogP contribution in [0, 0.1) is 10.1 Å². The fourth-order valence-electron chi connectivity index (χ4n) is 2.11. The predicted octanol–water partition coefficient (Wildman–Crippen LogP) is 1.26. The van der Waals surface area contributed by atoms with E-state index in [2.05, 4.69) is 5.32 Å². The minimum absolute atomic E-state index is 0.0312. The van der Waals surface area contributed by atoms with Crippen molar-refractivity contribution in [1.29, 1.82) is 0 Å². The van der Waals surface area contributed by atoms with Gasteiger partial charge in [-0.1, -0.05) is 12.1 Å². The van der Waals surface area contributed by atoms with E-state index >= 15 is 0 Å². The van der Waals surface area contributed by atoms with Gasteiger partial charge in [-0.05, 0) is 5.56 Å². The third-order valence-electron chi connectivity index (χ3n) is 3.14. The number of nitro groups is 1. The first-order valence-corrected chi connectivity index (χ1v) is 7.53. The van der Waals surface area contributed by atoms with Gasteiger partial charge in [0.25, 0.3) is 5.69 Å². The van der Waals surface area contributed by atoms with Crippen LogP contribution in [0.5, 0.6) is 0 Å². The highest BCUT2D eigenvalue weighted by molar-refractivity contribution is 7.99. The van der Waals surface area contributed by atoms with E-state index in [1.165, 1.54) is 12.1 Å². The first-order valence-electron chi connectivity index (χ1n) is 6.37. The number of nitro benzene ring substituents is 1. The van der Waals surface area contributed by atoms with Gasteiger partial charge in [0.2, 0.25) is 5.91 Å². The molecule has 1 heterocycles. The van der Waals surface area contributed by atoms with Gasteiger partial charge in [0.15, 0.2) is 0 Å². The molecule has 0 radical (unpaired) electrons. The van der Waals surface area contributed by atoms with E-state index < -0.39 is 4.92 Å². The number of thioether (sulfide) groups is 1. The second kappa shape index (κ2) is 6.71. The van der Waals surface area contributed by atoms with Crippen LogP contribution in [0.3, 0.4) is 0 Å². The molecule has 108 valence electrons. The molecule has 2 rings (SSSR count). The standard InChI is InChI=1S/C13H17N3O3S/c1-15(13(17)12-9-20-6-5-14-12)8-10-3-2-4-11(7-10)16(18)19/h2-4,7,12,14H,5-6,8-9H2,1H3. The lowest BCUT2D eigenvalue weighted by Crippen LogP contribution is -2.49. The SMILES string of the molecule is CN(Cc1cccc([N+](=O)[O-])c1)C(=O)C1CSCCN1. The summed E-state index contributed by atoms with van der Waals surface area (Å²) in [7, 11) is 1.72. The molecule has 7 heteroatoms. The van der Waals surface area contributed by atoms with Crippen molar-refractivity contribution in [1.82, 2.24) is 10.2 Å². The van der Waals surface area contributed by atoms with Crippen molar-refractivity contribution >= 4 is 23.4 Å². The summed E-state index contributed by atoms with van der Waals surface area (Å²) in [6.45, 7) is 1.22. The van der Waals surface area contributed by atoms with E-state index in [0.29, 0.717) is 6.54 Å². The monoisotopic (exact) mass is 295 g/mol. The maximum atomic E-state index is 12.2. The van der Waals surface area contributed by atoms with Gasteiger partial charge in [-0.25, -0.2) is 0 Å². The average Bonchev–Trinajstić information content (AvgIpc) is 2.47. The van der Waals surface area contributed by atoms with Gasteiger partial charge in [0.1, 0.15) is 0 Å². The Balaban J connectivity index is 1.99. The molecule has 0 bridgehead atoms. The minimum atomic E-state index is -0.426. The smallest absolute Gasteiger partial charge is 0.269 e. The summed E-state index contributed by atoms with van der Waals surface area (Å²) in [6, 6.07) is 6.23. The Kier molecular flexibility index (Phi) is 4.97. The Bertz CT molecular complexity index is 503. The number of amides is 1. The second-order valence-electron chi connectivity index (χ2n) is 4.70. The predicted molar refractivity (Wildman–Crippen MR) is 78.7 cm³/mol. The Hall–Kier alpha value is -1.60. The summed E-state index contributed by atoms with van der Waals surface area (Å²) >= 11 is 1.76. The largest absolute Gasteiger partial charge is 0.340 e. The normalized spacial score (nSPS) is 18.6. The Labute approximate surface area is 121 Å². The van der Waals surface area contributed by atoms with Crippen molar-refractivity contribution in [2.75, 3.05) is 25.1 Å². The maximum Gasteiger partial charge on any atom is 0.269 e. The first kappa shape index (κ1) is 14.8. The van der Waals surface area contributed by atoms with Crippen LogP contribution in [0.25, 0.3) is 0 Å². The lowest BCUT2D eigenvalue weighted by molar-refractivity contribution is -0.384. The topological polar surface area (TPSA) is 75.5 Å². The zero-order valence-electron chi connectivity index (χ0n) is 11.2. The van der Waals surface area contributed by atoms with E-state index in [-0.39, 0.29) is 17.6 Å². The van der Waals surface area contributed by atoms with Crippen LogP contribution in [-0.4, -0.2) is 46.9 Å². The van der Waals surface area contributed by atoms with E-state index in [1.807, 2.05) is 0 Å². The lowest BCUT2D eigenvalue weighted by Gasteiger charge is -2.27. The van der Waals surface area contributed by atoms with E-state index in [1.54, 1.807) is 35.8 Å². The molecule has 1 amide bonds. The minimum Gasteiger partial charge on any atom is -0.340 e. The Morgan fingerprint density at radius 3 is 3.05 bits per heavy atom.